The van der Waals surface area contributed by atoms with Gasteiger partial charge in [-0.05, 0) is 0 Å². The molecule has 0 amide bonds. The summed E-state index contributed by atoms with van der Waals surface area (Å²) in [5.74, 6) is 0.00287. The van der Waals surface area contributed by atoms with Crippen molar-refractivity contribution in [2.45, 2.75) is 0 Å². The van der Waals surface area contributed by atoms with E-state index >= 15 is 0 Å². The number of nitrogen functional groups attached to an aromatic ring is 1. The van der Waals surface area contributed by atoms with Crippen molar-refractivity contribution >= 4 is 11.5 Å². The third-order valence-corrected chi connectivity index (χ3v) is 1.24. The zero-order chi connectivity index (χ0) is 9.14. The predicted molar refractivity (Wildman–Crippen MR) is 40.0 cm³/mol. The lowest BCUT2D eigenvalue weighted by molar-refractivity contribution is -0.385. The van der Waals surface area contributed by atoms with Gasteiger partial charge < -0.3 is 5.73 Å². The third-order valence-electron chi connectivity index (χ3n) is 1.24. The summed E-state index contributed by atoms with van der Waals surface area (Å²) in [6.07, 6.45) is 1.01. The van der Waals surface area contributed by atoms with E-state index in [2.05, 4.69) is 4.98 Å². The largest absolute Gasteiger partial charge is 0.383 e. The number of nitrogens with zero attached hydrogens (tertiary/aromatic N) is 3. The second-order valence-corrected chi connectivity index (χ2v) is 2.00. The molecule has 0 unspecified atom stereocenters. The lowest BCUT2D eigenvalue weighted by Crippen LogP contribution is -1.96. The van der Waals surface area contributed by atoms with Crippen LogP contribution in [0.3, 0.4) is 0 Å². The molecule has 6 nitrogen and oxygen atoms in total. The van der Waals surface area contributed by atoms with Crippen molar-refractivity contribution in [3.05, 3.63) is 27.9 Å². The maximum atomic E-state index is 10.2. The molecule has 0 fully saturated rings. The van der Waals surface area contributed by atoms with E-state index < -0.39 is 4.92 Å². The number of nitriles is 1. The van der Waals surface area contributed by atoms with Crippen LogP contribution in [0.15, 0.2) is 12.3 Å². The van der Waals surface area contributed by atoms with Crippen LogP contribution in [0.4, 0.5) is 11.5 Å². The summed E-state index contributed by atoms with van der Waals surface area (Å²) in [6, 6.07) is 2.78. The number of pyridine rings is 1. The SMILES string of the molecule is N#Cc1cc([N+](=O)[O-])cnc1N. The summed E-state index contributed by atoms with van der Waals surface area (Å²) in [5, 5.41) is 18.6. The first-order valence-corrected chi connectivity index (χ1v) is 2.95. The Bertz CT molecular complexity index is 368. The molecule has 0 atom stereocenters. The number of hydrogen-bond donors (Lipinski definition) is 1. The van der Waals surface area contributed by atoms with Gasteiger partial charge in [-0.1, -0.05) is 0 Å². The van der Waals surface area contributed by atoms with Gasteiger partial charge in [0.1, 0.15) is 23.6 Å². The zero-order valence-electron chi connectivity index (χ0n) is 5.89. The molecule has 0 aliphatic heterocycles. The molecule has 60 valence electrons. The molecular formula is C6H4N4O2. The molecule has 0 bridgehead atoms. The zero-order valence-corrected chi connectivity index (χ0v) is 5.89. The standard InChI is InChI=1S/C6H4N4O2/c7-2-4-1-5(10(11)12)3-9-6(4)8/h1,3H,(H2,8,9). The Labute approximate surface area is 67.4 Å². The van der Waals surface area contributed by atoms with Crippen LogP contribution in [0.2, 0.25) is 0 Å². The monoisotopic (exact) mass is 164 g/mol. The fourth-order valence-corrected chi connectivity index (χ4v) is 0.654. The number of nitro groups is 1. The molecule has 0 saturated carbocycles. The third kappa shape index (κ3) is 1.29. The number of hydrogen-bond acceptors (Lipinski definition) is 5. The lowest BCUT2D eigenvalue weighted by Gasteiger charge is -1.94. The van der Waals surface area contributed by atoms with E-state index in [1.807, 2.05) is 0 Å². The van der Waals surface area contributed by atoms with Gasteiger partial charge in [0, 0.05) is 6.07 Å². The van der Waals surface area contributed by atoms with Crippen LogP contribution in [0.5, 0.6) is 0 Å². The van der Waals surface area contributed by atoms with E-state index in [9.17, 15) is 10.1 Å². The number of rotatable bonds is 1. The van der Waals surface area contributed by atoms with Crippen LogP contribution in [0.25, 0.3) is 0 Å². The van der Waals surface area contributed by atoms with Crippen molar-refractivity contribution in [3.8, 4) is 6.07 Å². The van der Waals surface area contributed by atoms with E-state index in [1.54, 1.807) is 6.07 Å². The van der Waals surface area contributed by atoms with Crippen molar-refractivity contribution in [2.24, 2.45) is 0 Å². The van der Waals surface area contributed by atoms with Crippen LogP contribution in [0, 0.1) is 21.4 Å². The molecule has 12 heavy (non-hydrogen) atoms. The molecule has 1 heterocycles. The maximum Gasteiger partial charge on any atom is 0.289 e. The van der Waals surface area contributed by atoms with Crippen molar-refractivity contribution in [2.75, 3.05) is 5.73 Å². The van der Waals surface area contributed by atoms with Crippen LogP contribution in [-0.4, -0.2) is 9.91 Å². The maximum absolute atomic E-state index is 10.2. The Morgan fingerprint density at radius 3 is 2.92 bits per heavy atom. The minimum Gasteiger partial charge on any atom is -0.383 e. The Kier molecular flexibility index (Phi) is 1.88. The molecule has 1 aromatic heterocycles. The second kappa shape index (κ2) is 2.84. The molecule has 0 aromatic carbocycles. The Morgan fingerprint density at radius 1 is 1.75 bits per heavy atom. The van der Waals surface area contributed by atoms with Crippen LogP contribution in [0.1, 0.15) is 5.56 Å². The van der Waals surface area contributed by atoms with Crippen LogP contribution >= 0.6 is 0 Å². The van der Waals surface area contributed by atoms with Crippen LogP contribution in [-0.2, 0) is 0 Å². The molecule has 0 aliphatic carbocycles. The number of anilines is 1. The molecule has 2 N–H and O–H groups in total. The van der Waals surface area contributed by atoms with Gasteiger partial charge in [-0.3, -0.25) is 10.1 Å². The molecule has 1 rings (SSSR count). The Balaban J connectivity index is 3.25. The summed E-state index contributed by atoms with van der Waals surface area (Å²) in [4.78, 5) is 13.0. The molecule has 0 saturated heterocycles. The van der Waals surface area contributed by atoms with Crippen molar-refractivity contribution in [1.29, 1.82) is 5.26 Å². The van der Waals surface area contributed by atoms with Crippen molar-refractivity contribution < 1.29 is 4.92 Å². The van der Waals surface area contributed by atoms with Gasteiger partial charge >= 0.3 is 0 Å². The average Bonchev–Trinajstić information content (AvgIpc) is 2.05. The summed E-state index contributed by atoms with van der Waals surface area (Å²) in [6.45, 7) is 0. The molecule has 0 radical (unpaired) electrons. The van der Waals surface area contributed by atoms with Crippen molar-refractivity contribution in [1.82, 2.24) is 4.98 Å². The first-order valence-electron chi connectivity index (χ1n) is 2.95. The Morgan fingerprint density at radius 2 is 2.42 bits per heavy atom. The number of aromatic nitrogens is 1. The minimum atomic E-state index is -0.632. The predicted octanol–water partition coefficient (Wildman–Crippen LogP) is 0.444. The van der Waals surface area contributed by atoms with Crippen molar-refractivity contribution in [3.63, 3.8) is 0 Å². The van der Waals surface area contributed by atoms with Gasteiger partial charge in [-0.15, -0.1) is 0 Å². The molecule has 0 spiro atoms. The summed E-state index contributed by atoms with van der Waals surface area (Å²) in [7, 11) is 0. The van der Waals surface area contributed by atoms with E-state index in [0.29, 0.717) is 0 Å². The fourth-order valence-electron chi connectivity index (χ4n) is 0.654. The highest BCUT2D eigenvalue weighted by atomic mass is 16.6. The van der Waals surface area contributed by atoms with E-state index in [-0.39, 0.29) is 17.1 Å². The Hall–Kier alpha value is -2.16. The first-order chi connectivity index (χ1) is 5.65. The molecule has 0 aliphatic rings. The smallest absolute Gasteiger partial charge is 0.289 e. The average molecular weight is 164 g/mol. The summed E-state index contributed by atoms with van der Waals surface area (Å²) < 4.78 is 0. The molecule has 6 heteroatoms. The van der Waals surface area contributed by atoms with Gasteiger partial charge in [0.15, 0.2) is 0 Å². The summed E-state index contributed by atoms with van der Waals surface area (Å²) >= 11 is 0. The van der Waals surface area contributed by atoms with E-state index in [1.165, 1.54) is 0 Å². The normalized spacial score (nSPS) is 8.92. The van der Waals surface area contributed by atoms with Gasteiger partial charge in [-0.25, -0.2) is 4.98 Å². The summed E-state index contributed by atoms with van der Waals surface area (Å²) in [5.41, 5.74) is 5.03. The highest BCUT2D eigenvalue weighted by molar-refractivity contribution is 5.52. The number of nitrogens with two attached hydrogens (primary N) is 1. The van der Waals surface area contributed by atoms with Gasteiger partial charge in [0.2, 0.25) is 0 Å². The highest BCUT2D eigenvalue weighted by Gasteiger charge is 2.09. The fraction of sp³-hybridized carbons (Fsp3) is 0. The quantitative estimate of drug-likeness (QED) is 0.478. The van der Waals surface area contributed by atoms with E-state index in [0.717, 1.165) is 12.3 Å². The molecular weight excluding hydrogens is 160 g/mol. The second-order valence-electron chi connectivity index (χ2n) is 2.00. The van der Waals surface area contributed by atoms with Gasteiger partial charge in [0.25, 0.3) is 5.69 Å². The minimum absolute atomic E-state index is 0.00287. The van der Waals surface area contributed by atoms with Crippen LogP contribution < -0.4 is 5.73 Å². The van der Waals surface area contributed by atoms with Gasteiger partial charge in [0.05, 0.1) is 4.92 Å². The topological polar surface area (TPSA) is 106 Å². The van der Waals surface area contributed by atoms with Gasteiger partial charge in [-0.2, -0.15) is 5.26 Å². The van der Waals surface area contributed by atoms with E-state index in [4.69, 9.17) is 11.0 Å². The molecule has 1 aromatic rings. The first kappa shape index (κ1) is 7.94. The lowest BCUT2D eigenvalue weighted by atomic mass is 10.2. The highest BCUT2D eigenvalue weighted by Crippen LogP contribution is 2.14.